The average molecular weight is 236 g/mol. The quantitative estimate of drug-likeness (QED) is 0.609. The minimum Gasteiger partial charge on any atom is -0.272 e. The monoisotopic (exact) mass is 236 g/mol. The molecule has 1 aromatic rings. The molecular formula is C13H24N4. The molecule has 0 spiro atoms. The van der Waals surface area contributed by atoms with Crippen LogP contribution in [0, 0.1) is 5.92 Å². The number of aromatic nitrogens is 2. The molecule has 4 heteroatoms. The van der Waals surface area contributed by atoms with Gasteiger partial charge in [-0.05, 0) is 25.2 Å². The lowest BCUT2D eigenvalue weighted by atomic mass is 9.82. The van der Waals surface area contributed by atoms with Crippen molar-refractivity contribution in [3.05, 3.63) is 18.0 Å². The molecule has 1 fully saturated rings. The van der Waals surface area contributed by atoms with Crippen molar-refractivity contribution >= 4 is 0 Å². The van der Waals surface area contributed by atoms with Gasteiger partial charge in [-0.3, -0.25) is 16.0 Å². The molecular weight excluding hydrogens is 212 g/mol. The first-order chi connectivity index (χ1) is 8.35. The summed E-state index contributed by atoms with van der Waals surface area (Å²) in [5.41, 5.74) is 4.23. The number of hydrogen-bond donors (Lipinski definition) is 2. The molecule has 1 unspecified atom stereocenters. The van der Waals surface area contributed by atoms with E-state index in [1.165, 1.54) is 37.7 Å². The highest BCUT2D eigenvalue weighted by Gasteiger charge is 2.24. The number of nitrogens with two attached hydrogens (primary N) is 1. The van der Waals surface area contributed by atoms with Crippen molar-refractivity contribution in [3.63, 3.8) is 0 Å². The standard InChI is InChI=1S/C13H24N4/c1-2-8-17-10-12(9-15-17)13(16-14)11-6-4-3-5-7-11/h9-11,13,16H,2-8,14H2,1H3. The van der Waals surface area contributed by atoms with Gasteiger partial charge in [-0.25, -0.2) is 0 Å². The second-order valence-electron chi connectivity index (χ2n) is 5.08. The number of rotatable bonds is 5. The van der Waals surface area contributed by atoms with Gasteiger partial charge in [0.05, 0.1) is 12.2 Å². The van der Waals surface area contributed by atoms with Crippen molar-refractivity contribution in [2.75, 3.05) is 0 Å². The highest BCUT2D eigenvalue weighted by molar-refractivity contribution is 5.11. The summed E-state index contributed by atoms with van der Waals surface area (Å²) in [5, 5.41) is 4.39. The molecule has 2 rings (SSSR count). The van der Waals surface area contributed by atoms with E-state index in [-0.39, 0.29) is 6.04 Å². The minimum atomic E-state index is 0.279. The zero-order chi connectivity index (χ0) is 12.1. The SMILES string of the molecule is CCCn1cc(C(NN)C2CCCCC2)cn1. The van der Waals surface area contributed by atoms with Crippen LogP contribution in [0.4, 0.5) is 0 Å². The molecule has 1 aliphatic carbocycles. The topological polar surface area (TPSA) is 55.9 Å². The van der Waals surface area contributed by atoms with E-state index < -0.39 is 0 Å². The van der Waals surface area contributed by atoms with Gasteiger partial charge in [0.25, 0.3) is 0 Å². The summed E-state index contributed by atoms with van der Waals surface area (Å²) in [4.78, 5) is 0. The molecule has 17 heavy (non-hydrogen) atoms. The largest absolute Gasteiger partial charge is 0.272 e. The van der Waals surface area contributed by atoms with E-state index in [9.17, 15) is 0 Å². The second kappa shape index (κ2) is 6.17. The van der Waals surface area contributed by atoms with Gasteiger partial charge >= 0.3 is 0 Å². The molecule has 0 aromatic carbocycles. The Kier molecular flexibility index (Phi) is 4.57. The fourth-order valence-electron chi connectivity index (χ4n) is 2.86. The van der Waals surface area contributed by atoms with Crippen LogP contribution in [0.25, 0.3) is 0 Å². The van der Waals surface area contributed by atoms with Gasteiger partial charge in [0.1, 0.15) is 0 Å². The Morgan fingerprint density at radius 1 is 1.47 bits per heavy atom. The van der Waals surface area contributed by atoms with Crippen molar-refractivity contribution in [1.82, 2.24) is 15.2 Å². The highest BCUT2D eigenvalue weighted by atomic mass is 15.3. The van der Waals surface area contributed by atoms with E-state index in [2.05, 4.69) is 23.6 Å². The zero-order valence-corrected chi connectivity index (χ0v) is 10.7. The molecule has 1 aliphatic rings. The van der Waals surface area contributed by atoms with E-state index in [0.29, 0.717) is 5.92 Å². The first-order valence-corrected chi connectivity index (χ1v) is 6.83. The van der Waals surface area contributed by atoms with E-state index >= 15 is 0 Å². The highest BCUT2D eigenvalue weighted by Crippen LogP contribution is 2.33. The molecule has 1 heterocycles. The summed E-state index contributed by atoms with van der Waals surface area (Å²) in [7, 11) is 0. The second-order valence-corrected chi connectivity index (χ2v) is 5.08. The van der Waals surface area contributed by atoms with E-state index in [0.717, 1.165) is 13.0 Å². The maximum Gasteiger partial charge on any atom is 0.0538 e. The molecule has 4 nitrogen and oxygen atoms in total. The fourth-order valence-corrected chi connectivity index (χ4v) is 2.86. The van der Waals surface area contributed by atoms with Gasteiger partial charge in [-0.15, -0.1) is 0 Å². The lowest BCUT2D eigenvalue weighted by molar-refractivity contribution is 0.273. The summed E-state index contributed by atoms with van der Waals surface area (Å²) in [6, 6.07) is 0.279. The first kappa shape index (κ1) is 12.6. The lowest BCUT2D eigenvalue weighted by Crippen LogP contribution is -2.34. The molecule has 0 saturated heterocycles. The number of aryl methyl sites for hydroxylation is 1. The molecule has 1 aromatic heterocycles. The molecule has 1 saturated carbocycles. The zero-order valence-electron chi connectivity index (χ0n) is 10.7. The third-order valence-electron chi connectivity index (χ3n) is 3.77. The molecule has 0 aliphatic heterocycles. The summed E-state index contributed by atoms with van der Waals surface area (Å²) >= 11 is 0. The predicted molar refractivity (Wildman–Crippen MR) is 69.2 cm³/mol. The van der Waals surface area contributed by atoms with Crippen LogP contribution < -0.4 is 11.3 Å². The van der Waals surface area contributed by atoms with Crippen LogP contribution in [0.5, 0.6) is 0 Å². The number of hydrazine groups is 1. The van der Waals surface area contributed by atoms with Crippen LogP contribution in [0.3, 0.4) is 0 Å². The average Bonchev–Trinajstić information content (AvgIpc) is 2.81. The molecule has 0 bridgehead atoms. The van der Waals surface area contributed by atoms with Gasteiger partial charge in [0.15, 0.2) is 0 Å². The molecule has 0 radical (unpaired) electrons. The summed E-state index contributed by atoms with van der Waals surface area (Å²) in [6.07, 6.45) is 11.9. The van der Waals surface area contributed by atoms with Crippen LogP contribution in [0.1, 0.15) is 57.1 Å². The van der Waals surface area contributed by atoms with Crippen molar-refractivity contribution in [2.24, 2.45) is 11.8 Å². The maximum absolute atomic E-state index is 5.73. The van der Waals surface area contributed by atoms with Crippen LogP contribution in [-0.2, 0) is 6.54 Å². The molecule has 3 N–H and O–H groups in total. The maximum atomic E-state index is 5.73. The van der Waals surface area contributed by atoms with E-state index in [1.807, 2.05) is 10.9 Å². The Labute approximate surface area is 104 Å². The van der Waals surface area contributed by atoms with Crippen LogP contribution in [0.15, 0.2) is 12.4 Å². The third kappa shape index (κ3) is 3.07. The molecule has 0 amide bonds. The third-order valence-corrected chi connectivity index (χ3v) is 3.77. The molecule has 1 atom stereocenters. The van der Waals surface area contributed by atoms with Crippen LogP contribution in [-0.4, -0.2) is 9.78 Å². The lowest BCUT2D eigenvalue weighted by Gasteiger charge is -2.29. The van der Waals surface area contributed by atoms with E-state index in [4.69, 9.17) is 5.84 Å². The summed E-state index contributed by atoms with van der Waals surface area (Å²) < 4.78 is 2.02. The Morgan fingerprint density at radius 2 is 2.24 bits per heavy atom. The number of hydrogen-bond acceptors (Lipinski definition) is 3. The Balaban J connectivity index is 2.04. The van der Waals surface area contributed by atoms with Crippen molar-refractivity contribution in [1.29, 1.82) is 0 Å². The van der Waals surface area contributed by atoms with Gasteiger partial charge < -0.3 is 0 Å². The number of nitrogens with zero attached hydrogens (tertiary/aromatic N) is 2. The van der Waals surface area contributed by atoms with Crippen LogP contribution in [0.2, 0.25) is 0 Å². The van der Waals surface area contributed by atoms with Gasteiger partial charge in [-0.2, -0.15) is 5.10 Å². The van der Waals surface area contributed by atoms with Gasteiger partial charge in [0.2, 0.25) is 0 Å². The van der Waals surface area contributed by atoms with Gasteiger partial charge in [-0.1, -0.05) is 26.2 Å². The summed E-state index contributed by atoms with van der Waals surface area (Å²) in [6.45, 7) is 3.16. The Morgan fingerprint density at radius 3 is 2.88 bits per heavy atom. The minimum absolute atomic E-state index is 0.279. The van der Waals surface area contributed by atoms with Crippen molar-refractivity contribution < 1.29 is 0 Å². The predicted octanol–water partition coefficient (Wildman–Crippen LogP) is 2.38. The first-order valence-electron chi connectivity index (χ1n) is 6.83. The van der Waals surface area contributed by atoms with Crippen molar-refractivity contribution in [3.8, 4) is 0 Å². The summed E-state index contributed by atoms with van der Waals surface area (Å²) in [5.74, 6) is 6.41. The smallest absolute Gasteiger partial charge is 0.0538 e. The molecule has 96 valence electrons. The van der Waals surface area contributed by atoms with Gasteiger partial charge in [0, 0.05) is 18.3 Å². The van der Waals surface area contributed by atoms with Crippen molar-refractivity contribution in [2.45, 2.75) is 58.0 Å². The number of nitrogens with one attached hydrogen (secondary N) is 1. The fraction of sp³-hybridized carbons (Fsp3) is 0.769. The Hall–Kier alpha value is -0.870. The van der Waals surface area contributed by atoms with Crippen LogP contribution >= 0.6 is 0 Å². The Bertz CT molecular complexity index is 328. The van der Waals surface area contributed by atoms with E-state index in [1.54, 1.807) is 0 Å². The normalized spacial score (nSPS) is 19.4.